The van der Waals surface area contributed by atoms with E-state index in [9.17, 15) is 5.11 Å². The summed E-state index contributed by atoms with van der Waals surface area (Å²) >= 11 is 0. The van der Waals surface area contributed by atoms with Crippen molar-refractivity contribution in [2.75, 3.05) is 0 Å². The fourth-order valence-electron chi connectivity index (χ4n) is 1.42. The number of aliphatic hydroxyl groups excluding tert-OH is 1. The summed E-state index contributed by atoms with van der Waals surface area (Å²) in [6, 6.07) is 13.0. The Morgan fingerprint density at radius 1 is 1.24 bits per heavy atom. The molecule has 2 aromatic rings. The third-order valence-corrected chi connectivity index (χ3v) is 2.32. The van der Waals surface area contributed by atoms with E-state index in [0.29, 0.717) is 18.1 Å². The highest BCUT2D eigenvalue weighted by Gasteiger charge is 2.08. The summed E-state index contributed by atoms with van der Waals surface area (Å²) in [5.41, 5.74) is 0. The van der Waals surface area contributed by atoms with E-state index in [4.69, 9.17) is 9.15 Å². The molecule has 0 bridgehead atoms. The van der Waals surface area contributed by atoms with Crippen molar-refractivity contribution in [1.82, 2.24) is 0 Å². The van der Waals surface area contributed by atoms with Crippen LogP contribution in [0.2, 0.25) is 0 Å². The normalized spacial score (nSPS) is 12.1. The summed E-state index contributed by atoms with van der Waals surface area (Å²) in [7, 11) is 0. The Bertz CT molecular complexity index is 473. The first-order chi connectivity index (χ1) is 8.29. The third-order valence-electron chi connectivity index (χ3n) is 2.32. The van der Waals surface area contributed by atoms with Crippen LogP contribution in [0.1, 0.15) is 17.6 Å². The van der Waals surface area contributed by atoms with Gasteiger partial charge in [-0.1, -0.05) is 24.3 Å². The van der Waals surface area contributed by atoms with Gasteiger partial charge in [0.15, 0.2) is 0 Å². The maximum Gasteiger partial charge on any atom is 0.146 e. The maximum atomic E-state index is 9.48. The van der Waals surface area contributed by atoms with E-state index in [1.807, 2.05) is 30.3 Å². The zero-order chi connectivity index (χ0) is 12.1. The second-order valence-corrected chi connectivity index (χ2v) is 3.59. The van der Waals surface area contributed by atoms with Crippen LogP contribution in [0.4, 0.5) is 0 Å². The molecule has 1 unspecified atom stereocenters. The number of benzene rings is 1. The molecule has 17 heavy (non-hydrogen) atoms. The van der Waals surface area contributed by atoms with Gasteiger partial charge in [0.25, 0.3) is 0 Å². The number of aliphatic hydroxyl groups is 1. The molecule has 0 aliphatic heterocycles. The molecule has 1 aromatic carbocycles. The van der Waals surface area contributed by atoms with Crippen LogP contribution in [0.25, 0.3) is 0 Å². The van der Waals surface area contributed by atoms with E-state index >= 15 is 0 Å². The van der Waals surface area contributed by atoms with E-state index in [0.717, 1.165) is 5.75 Å². The number of furan rings is 1. The molecule has 1 heterocycles. The van der Waals surface area contributed by atoms with Crippen LogP contribution >= 0.6 is 0 Å². The van der Waals surface area contributed by atoms with Gasteiger partial charge in [0.1, 0.15) is 30.0 Å². The number of hydrogen-bond acceptors (Lipinski definition) is 3. The highest BCUT2D eigenvalue weighted by Crippen LogP contribution is 2.18. The Morgan fingerprint density at radius 3 is 2.71 bits per heavy atom. The van der Waals surface area contributed by atoms with Crippen molar-refractivity contribution < 1.29 is 14.3 Å². The molecule has 0 amide bonds. The van der Waals surface area contributed by atoms with Crippen LogP contribution in [0.15, 0.2) is 59.5 Å². The molecule has 0 radical (unpaired) electrons. The van der Waals surface area contributed by atoms with E-state index in [1.165, 1.54) is 6.08 Å². The highest BCUT2D eigenvalue weighted by atomic mass is 16.5. The molecular formula is C14H14O3. The molecule has 2 rings (SSSR count). The molecule has 1 atom stereocenters. The predicted molar refractivity (Wildman–Crippen MR) is 64.6 cm³/mol. The zero-order valence-electron chi connectivity index (χ0n) is 9.37. The van der Waals surface area contributed by atoms with Crippen LogP contribution in [-0.2, 0) is 6.61 Å². The lowest BCUT2D eigenvalue weighted by molar-refractivity contribution is 0.186. The lowest BCUT2D eigenvalue weighted by Gasteiger charge is -2.03. The minimum Gasteiger partial charge on any atom is -0.486 e. The Labute approximate surface area is 100.0 Å². The average Bonchev–Trinajstić information content (AvgIpc) is 2.85. The molecule has 0 fully saturated rings. The Morgan fingerprint density at radius 2 is 2.00 bits per heavy atom. The Hall–Kier alpha value is -2.00. The first-order valence-corrected chi connectivity index (χ1v) is 5.36. The number of ether oxygens (including phenoxy) is 1. The van der Waals surface area contributed by atoms with Gasteiger partial charge in [-0.2, -0.15) is 0 Å². The lowest BCUT2D eigenvalue weighted by Crippen LogP contribution is -1.93. The van der Waals surface area contributed by atoms with Crippen molar-refractivity contribution in [3.8, 4) is 5.75 Å². The second-order valence-electron chi connectivity index (χ2n) is 3.59. The lowest BCUT2D eigenvalue weighted by atomic mass is 10.3. The summed E-state index contributed by atoms with van der Waals surface area (Å²) < 4.78 is 10.9. The largest absolute Gasteiger partial charge is 0.486 e. The predicted octanol–water partition coefficient (Wildman–Crippen LogP) is 3.08. The van der Waals surface area contributed by atoms with Crippen LogP contribution in [0.3, 0.4) is 0 Å². The summed E-state index contributed by atoms with van der Waals surface area (Å²) in [6.07, 6.45) is 0.654. The fourth-order valence-corrected chi connectivity index (χ4v) is 1.42. The van der Waals surface area contributed by atoms with Crippen molar-refractivity contribution in [3.63, 3.8) is 0 Å². The van der Waals surface area contributed by atoms with E-state index in [-0.39, 0.29) is 0 Å². The summed E-state index contributed by atoms with van der Waals surface area (Å²) in [5.74, 6) is 1.94. The monoisotopic (exact) mass is 230 g/mol. The smallest absolute Gasteiger partial charge is 0.146 e. The molecule has 1 aromatic heterocycles. The molecule has 0 spiro atoms. The second kappa shape index (κ2) is 5.37. The molecular weight excluding hydrogens is 216 g/mol. The van der Waals surface area contributed by atoms with Crippen LogP contribution < -0.4 is 4.74 Å². The standard InChI is InChI=1S/C14H14O3/c1-2-13(15)14-9-8-12(17-14)10-16-11-6-4-3-5-7-11/h2-9,13,15H,1,10H2. The first-order valence-electron chi connectivity index (χ1n) is 5.36. The molecule has 3 heteroatoms. The molecule has 1 N–H and O–H groups in total. The number of para-hydroxylation sites is 1. The first kappa shape index (κ1) is 11.5. The van der Waals surface area contributed by atoms with E-state index < -0.39 is 6.10 Å². The van der Waals surface area contributed by atoms with Gasteiger partial charge < -0.3 is 14.3 Å². The molecule has 88 valence electrons. The topological polar surface area (TPSA) is 42.6 Å². The Balaban J connectivity index is 1.96. The molecule has 0 saturated heterocycles. The van der Waals surface area contributed by atoms with E-state index in [2.05, 4.69) is 6.58 Å². The van der Waals surface area contributed by atoms with Gasteiger partial charge in [-0.05, 0) is 24.3 Å². The minimum absolute atomic E-state index is 0.341. The van der Waals surface area contributed by atoms with Crippen LogP contribution in [-0.4, -0.2) is 5.11 Å². The molecule has 0 saturated carbocycles. The molecule has 0 aliphatic rings. The fraction of sp³-hybridized carbons (Fsp3) is 0.143. The summed E-state index contributed by atoms with van der Waals surface area (Å²) in [6.45, 7) is 3.84. The minimum atomic E-state index is -0.763. The van der Waals surface area contributed by atoms with Crippen molar-refractivity contribution >= 4 is 0 Å². The van der Waals surface area contributed by atoms with Gasteiger partial charge in [-0.15, -0.1) is 6.58 Å². The van der Waals surface area contributed by atoms with Gasteiger partial charge >= 0.3 is 0 Å². The van der Waals surface area contributed by atoms with Crippen molar-refractivity contribution in [3.05, 3.63) is 66.6 Å². The van der Waals surface area contributed by atoms with Gasteiger partial charge in [0.2, 0.25) is 0 Å². The van der Waals surface area contributed by atoms with Crippen molar-refractivity contribution in [1.29, 1.82) is 0 Å². The van der Waals surface area contributed by atoms with Gasteiger partial charge in [-0.25, -0.2) is 0 Å². The Kier molecular flexibility index (Phi) is 3.62. The maximum absolute atomic E-state index is 9.48. The van der Waals surface area contributed by atoms with Gasteiger partial charge in [-0.3, -0.25) is 0 Å². The van der Waals surface area contributed by atoms with Crippen LogP contribution in [0, 0.1) is 0 Å². The number of hydrogen-bond donors (Lipinski definition) is 1. The molecule has 3 nitrogen and oxygen atoms in total. The summed E-state index contributed by atoms with van der Waals surface area (Å²) in [5, 5.41) is 9.48. The average molecular weight is 230 g/mol. The SMILES string of the molecule is C=CC(O)c1ccc(COc2ccccc2)o1. The van der Waals surface area contributed by atoms with Crippen molar-refractivity contribution in [2.24, 2.45) is 0 Å². The van der Waals surface area contributed by atoms with Gasteiger partial charge in [0, 0.05) is 0 Å². The van der Waals surface area contributed by atoms with Crippen LogP contribution in [0.5, 0.6) is 5.75 Å². The molecule has 0 aliphatic carbocycles. The quantitative estimate of drug-likeness (QED) is 0.802. The summed E-state index contributed by atoms with van der Waals surface area (Å²) in [4.78, 5) is 0. The number of rotatable bonds is 5. The third kappa shape index (κ3) is 2.98. The van der Waals surface area contributed by atoms with E-state index in [1.54, 1.807) is 12.1 Å². The zero-order valence-corrected chi connectivity index (χ0v) is 9.37. The van der Waals surface area contributed by atoms with Crippen molar-refractivity contribution in [2.45, 2.75) is 12.7 Å². The highest BCUT2D eigenvalue weighted by molar-refractivity contribution is 5.21. The van der Waals surface area contributed by atoms with Gasteiger partial charge in [0.05, 0.1) is 0 Å².